The van der Waals surface area contributed by atoms with Crippen LogP contribution in [0.15, 0.2) is 12.7 Å². The van der Waals surface area contributed by atoms with E-state index in [1.165, 1.54) is 4.90 Å². The molecule has 5 nitrogen and oxygen atoms in total. The number of amides is 1. The molecule has 110 valence electrons. The second-order valence-corrected chi connectivity index (χ2v) is 6.27. The molecule has 2 atom stereocenters. The Kier molecular flexibility index (Phi) is 4.63. The minimum atomic E-state index is -0.783. The van der Waals surface area contributed by atoms with Gasteiger partial charge >= 0.3 is 6.09 Å². The second kappa shape index (κ2) is 5.51. The normalized spacial score (nSPS) is 24.1. The molecule has 0 aromatic carbocycles. The van der Waals surface area contributed by atoms with Gasteiger partial charge in [0, 0.05) is 0 Å². The zero-order valence-corrected chi connectivity index (χ0v) is 12.5. The van der Waals surface area contributed by atoms with E-state index < -0.39 is 29.6 Å². The fourth-order valence-corrected chi connectivity index (χ4v) is 2.11. The Morgan fingerprint density at radius 1 is 1.63 bits per heavy atom. The van der Waals surface area contributed by atoms with Gasteiger partial charge < -0.3 is 14.6 Å². The number of hydrogen-bond acceptors (Lipinski definition) is 4. The molecule has 0 aromatic heterocycles. The van der Waals surface area contributed by atoms with Crippen LogP contribution in [0.4, 0.5) is 4.79 Å². The average molecular weight is 271 g/mol. The number of nitrogens with zero attached hydrogens (tertiary/aromatic N) is 1. The highest BCUT2D eigenvalue weighted by Crippen LogP contribution is 2.31. The highest BCUT2D eigenvalue weighted by Gasteiger charge is 2.47. The van der Waals surface area contributed by atoms with Crippen molar-refractivity contribution >= 4 is 6.09 Å². The van der Waals surface area contributed by atoms with E-state index in [1.54, 1.807) is 19.9 Å². The smallest absolute Gasteiger partial charge is 0.412 e. The number of aliphatic hydroxyl groups is 1. The zero-order chi connectivity index (χ0) is 14.8. The van der Waals surface area contributed by atoms with Crippen LogP contribution in [-0.2, 0) is 9.47 Å². The van der Waals surface area contributed by atoms with Gasteiger partial charge in [0.1, 0.15) is 11.3 Å². The minimum absolute atomic E-state index is 0.293. The van der Waals surface area contributed by atoms with E-state index in [-0.39, 0.29) is 0 Å². The van der Waals surface area contributed by atoms with Crippen LogP contribution in [0.2, 0.25) is 0 Å². The Bertz CT molecular complexity index is 346. The van der Waals surface area contributed by atoms with Crippen LogP contribution in [0.25, 0.3) is 0 Å². The number of aliphatic hydroxyl groups excluding tert-OH is 1. The number of carbonyl (C=O) groups excluding carboxylic acids is 1. The molecule has 1 N–H and O–H groups in total. The van der Waals surface area contributed by atoms with Gasteiger partial charge in [-0.25, -0.2) is 4.79 Å². The van der Waals surface area contributed by atoms with Gasteiger partial charge in [0.05, 0.1) is 18.8 Å². The molecule has 0 spiro atoms. The van der Waals surface area contributed by atoms with Crippen LogP contribution in [0.5, 0.6) is 0 Å². The van der Waals surface area contributed by atoms with Crippen molar-refractivity contribution in [1.29, 1.82) is 0 Å². The van der Waals surface area contributed by atoms with E-state index in [4.69, 9.17) is 9.47 Å². The molecule has 1 aliphatic heterocycles. The molecule has 1 rings (SSSR count). The van der Waals surface area contributed by atoms with Gasteiger partial charge in [-0.3, -0.25) is 4.90 Å². The van der Waals surface area contributed by atoms with Crippen LogP contribution >= 0.6 is 0 Å². The van der Waals surface area contributed by atoms with Crippen molar-refractivity contribution in [3.63, 3.8) is 0 Å². The lowest BCUT2D eigenvalue weighted by Gasteiger charge is -2.36. The molecule has 0 bridgehead atoms. The molecule has 5 heteroatoms. The van der Waals surface area contributed by atoms with Crippen molar-refractivity contribution in [1.82, 2.24) is 4.90 Å². The summed E-state index contributed by atoms with van der Waals surface area (Å²) in [6.45, 7) is 12.9. The van der Waals surface area contributed by atoms with Crippen LogP contribution in [0.1, 0.15) is 41.0 Å². The molecule has 1 amide bonds. The van der Waals surface area contributed by atoms with Crippen molar-refractivity contribution in [2.45, 2.75) is 64.5 Å². The van der Waals surface area contributed by atoms with Gasteiger partial charge in [-0.05, 0) is 41.0 Å². The number of hydrogen-bond donors (Lipinski definition) is 1. The monoisotopic (exact) mass is 271 g/mol. The van der Waals surface area contributed by atoms with E-state index in [9.17, 15) is 9.90 Å². The molecule has 1 aliphatic rings. The lowest BCUT2D eigenvalue weighted by molar-refractivity contribution is -0.0676. The highest BCUT2D eigenvalue weighted by atomic mass is 16.6. The van der Waals surface area contributed by atoms with Crippen molar-refractivity contribution in [2.75, 3.05) is 6.61 Å². The van der Waals surface area contributed by atoms with Gasteiger partial charge in [0.25, 0.3) is 0 Å². The van der Waals surface area contributed by atoms with Crippen molar-refractivity contribution in [2.24, 2.45) is 0 Å². The largest absolute Gasteiger partial charge is 0.444 e. The Balaban J connectivity index is 2.89. The SMILES string of the molecule is C=CCC(O)[C@@H]1COC(C)(C)N1C(=O)OC(C)(C)C. The molecule has 1 saturated heterocycles. The van der Waals surface area contributed by atoms with Gasteiger partial charge in [-0.15, -0.1) is 6.58 Å². The van der Waals surface area contributed by atoms with Crippen LogP contribution < -0.4 is 0 Å². The van der Waals surface area contributed by atoms with Crippen molar-refractivity contribution in [3.8, 4) is 0 Å². The number of ether oxygens (including phenoxy) is 2. The second-order valence-electron chi connectivity index (χ2n) is 6.27. The van der Waals surface area contributed by atoms with Crippen molar-refractivity contribution < 1.29 is 19.4 Å². The molecular formula is C14H25NO4. The molecule has 0 radical (unpaired) electrons. The Labute approximate surface area is 115 Å². The fraction of sp³-hybridized carbons (Fsp3) is 0.786. The van der Waals surface area contributed by atoms with E-state index in [2.05, 4.69) is 6.58 Å². The number of carbonyl (C=O) groups is 1. The van der Waals surface area contributed by atoms with Gasteiger partial charge in [0.15, 0.2) is 0 Å². The van der Waals surface area contributed by atoms with E-state index in [0.29, 0.717) is 13.0 Å². The van der Waals surface area contributed by atoms with Crippen LogP contribution in [-0.4, -0.2) is 46.2 Å². The molecule has 1 fully saturated rings. The summed E-state index contributed by atoms with van der Waals surface area (Å²) in [7, 11) is 0. The van der Waals surface area contributed by atoms with Crippen LogP contribution in [0, 0.1) is 0 Å². The first-order valence-electron chi connectivity index (χ1n) is 6.54. The predicted octanol–water partition coefficient (Wildman–Crippen LogP) is 2.30. The standard InChI is InChI=1S/C14H25NO4/c1-7-8-11(16)10-9-18-14(5,6)15(10)12(17)19-13(2,3)4/h7,10-11,16H,1,8-9H2,2-6H3/t10-,11?/m0/s1. The number of rotatable bonds is 3. The molecule has 1 heterocycles. The van der Waals surface area contributed by atoms with Crippen LogP contribution in [0.3, 0.4) is 0 Å². The third kappa shape index (κ3) is 3.94. The van der Waals surface area contributed by atoms with Gasteiger partial charge in [-0.1, -0.05) is 6.08 Å². The third-order valence-electron chi connectivity index (χ3n) is 2.96. The Morgan fingerprint density at radius 3 is 2.68 bits per heavy atom. The topological polar surface area (TPSA) is 59.0 Å². The molecular weight excluding hydrogens is 246 g/mol. The van der Waals surface area contributed by atoms with E-state index in [1.807, 2.05) is 20.8 Å². The third-order valence-corrected chi connectivity index (χ3v) is 2.96. The summed E-state index contributed by atoms with van der Waals surface area (Å²) in [5.74, 6) is 0. The molecule has 0 aromatic rings. The maximum atomic E-state index is 12.3. The van der Waals surface area contributed by atoms with Crippen molar-refractivity contribution in [3.05, 3.63) is 12.7 Å². The summed E-state index contributed by atoms with van der Waals surface area (Å²) in [4.78, 5) is 13.8. The summed E-state index contributed by atoms with van der Waals surface area (Å²) in [5, 5.41) is 10.1. The van der Waals surface area contributed by atoms with E-state index >= 15 is 0 Å². The van der Waals surface area contributed by atoms with Gasteiger partial charge in [-0.2, -0.15) is 0 Å². The maximum Gasteiger partial charge on any atom is 0.412 e. The minimum Gasteiger partial charge on any atom is -0.444 e. The summed E-state index contributed by atoms with van der Waals surface area (Å²) in [6.07, 6.45) is 0.863. The quantitative estimate of drug-likeness (QED) is 0.800. The summed E-state index contributed by atoms with van der Waals surface area (Å²) >= 11 is 0. The molecule has 0 aliphatic carbocycles. The highest BCUT2D eigenvalue weighted by molar-refractivity contribution is 5.69. The first-order chi connectivity index (χ1) is 8.58. The van der Waals surface area contributed by atoms with E-state index in [0.717, 1.165) is 0 Å². The first-order valence-corrected chi connectivity index (χ1v) is 6.54. The lowest BCUT2D eigenvalue weighted by atomic mass is 10.1. The lowest BCUT2D eigenvalue weighted by Crippen LogP contribution is -2.53. The maximum absolute atomic E-state index is 12.3. The molecule has 19 heavy (non-hydrogen) atoms. The average Bonchev–Trinajstić information content (AvgIpc) is 2.51. The summed E-state index contributed by atoms with van der Waals surface area (Å²) in [6, 6.07) is -0.414. The Morgan fingerprint density at radius 2 is 2.21 bits per heavy atom. The summed E-state index contributed by atoms with van der Waals surface area (Å²) in [5.41, 5.74) is -1.36. The molecule has 1 unspecified atom stereocenters. The zero-order valence-electron chi connectivity index (χ0n) is 12.5. The Hall–Kier alpha value is -1.07. The molecule has 0 saturated carbocycles. The predicted molar refractivity (Wildman–Crippen MR) is 72.7 cm³/mol. The van der Waals surface area contributed by atoms with Gasteiger partial charge in [0.2, 0.25) is 0 Å². The first kappa shape index (κ1) is 16.0. The fourth-order valence-electron chi connectivity index (χ4n) is 2.11. The summed E-state index contributed by atoms with van der Waals surface area (Å²) < 4.78 is 11.0.